The first-order chi connectivity index (χ1) is 8.16. The number of ether oxygens (including phenoxy) is 2. The number of aliphatic hydroxyl groups excluding tert-OH is 1. The van der Waals surface area contributed by atoms with Crippen LogP contribution in [0.25, 0.3) is 0 Å². The smallest absolute Gasteiger partial charge is 0.300 e. The molecule has 2 N–H and O–H groups in total. The standard InChI is InChI=1S/C10H14O3.C2H4O2/c11-6-7-12-8-9-13-10-4-2-1-3-5-10;1-2(3)4/h1-5,11H,6-9H2;1H3,(H,3,4). The molecule has 1 aromatic carbocycles. The van der Waals surface area contributed by atoms with Gasteiger partial charge in [-0.3, -0.25) is 4.79 Å². The monoisotopic (exact) mass is 242 g/mol. The maximum atomic E-state index is 9.00. The average Bonchev–Trinajstić information content (AvgIpc) is 2.29. The van der Waals surface area contributed by atoms with Gasteiger partial charge in [-0.15, -0.1) is 0 Å². The molecule has 0 saturated carbocycles. The number of carboxylic acids is 1. The van der Waals surface area contributed by atoms with Crippen molar-refractivity contribution in [3.05, 3.63) is 30.3 Å². The van der Waals surface area contributed by atoms with E-state index >= 15 is 0 Å². The normalized spacial score (nSPS) is 9.06. The van der Waals surface area contributed by atoms with Gasteiger partial charge in [-0.25, -0.2) is 0 Å². The van der Waals surface area contributed by atoms with Crippen LogP contribution in [-0.4, -0.2) is 42.6 Å². The molecule has 0 heterocycles. The number of aliphatic carboxylic acids is 1. The summed E-state index contributed by atoms with van der Waals surface area (Å²) in [5.41, 5.74) is 0. The first-order valence-electron chi connectivity index (χ1n) is 5.22. The van der Waals surface area contributed by atoms with Crippen molar-refractivity contribution in [3.8, 4) is 5.75 Å². The Hall–Kier alpha value is -1.59. The highest BCUT2D eigenvalue weighted by atomic mass is 16.5. The molecule has 0 aromatic heterocycles. The van der Waals surface area contributed by atoms with Gasteiger partial charge >= 0.3 is 0 Å². The molecule has 0 unspecified atom stereocenters. The third kappa shape index (κ3) is 12.3. The molecule has 0 spiro atoms. The third-order valence-electron chi connectivity index (χ3n) is 1.48. The number of hydrogen-bond donors (Lipinski definition) is 2. The number of benzene rings is 1. The van der Waals surface area contributed by atoms with Crippen LogP contribution in [0.4, 0.5) is 0 Å². The number of carboxylic acid groups (broad SMARTS) is 1. The Bertz CT molecular complexity index is 282. The van der Waals surface area contributed by atoms with Crippen LogP contribution in [0.15, 0.2) is 30.3 Å². The molecule has 5 heteroatoms. The second-order valence-electron chi connectivity index (χ2n) is 3.02. The summed E-state index contributed by atoms with van der Waals surface area (Å²) in [4.78, 5) is 9.00. The first-order valence-corrected chi connectivity index (χ1v) is 5.22. The molecule has 0 radical (unpaired) electrons. The molecular formula is C12H18O5. The second-order valence-corrected chi connectivity index (χ2v) is 3.02. The Balaban J connectivity index is 0.000000557. The summed E-state index contributed by atoms with van der Waals surface area (Å²) >= 11 is 0. The molecule has 96 valence electrons. The fourth-order valence-corrected chi connectivity index (χ4v) is 0.902. The minimum atomic E-state index is -0.833. The quantitative estimate of drug-likeness (QED) is 0.732. The van der Waals surface area contributed by atoms with Gasteiger partial charge in [0.2, 0.25) is 0 Å². The zero-order valence-electron chi connectivity index (χ0n) is 9.83. The summed E-state index contributed by atoms with van der Waals surface area (Å²) in [7, 11) is 0. The Morgan fingerprint density at radius 1 is 1.18 bits per heavy atom. The predicted octanol–water partition coefficient (Wildman–Crippen LogP) is 1.17. The molecule has 0 atom stereocenters. The summed E-state index contributed by atoms with van der Waals surface area (Å²) in [6.07, 6.45) is 0. The van der Waals surface area contributed by atoms with Gasteiger partial charge in [-0.1, -0.05) is 18.2 Å². The van der Waals surface area contributed by atoms with E-state index in [1.165, 1.54) is 0 Å². The Morgan fingerprint density at radius 2 is 1.76 bits per heavy atom. The maximum absolute atomic E-state index is 9.00. The number of aliphatic hydroxyl groups is 1. The van der Waals surface area contributed by atoms with Crippen LogP contribution in [0, 0.1) is 0 Å². The first kappa shape index (κ1) is 15.4. The molecule has 0 bridgehead atoms. The van der Waals surface area contributed by atoms with Gasteiger partial charge in [0.15, 0.2) is 0 Å². The lowest BCUT2D eigenvalue weighted by Gasteiger charge is -2.05. The number of hydrogen-bond acceptors (Lipinski definition) is 4. The molecule has 0 aliphatic carbocycles. The van der Waals surface area contributed by atoms with Crippen molar-refractivity contribution < 1.29 is 24.5 Å². The lowest BCUT2D eigenvalue weighted by Crippen LogP contribution is -2.08. The largest absolute Gasteiger partial charge is 0.491 e. The van der Waals surface area contributed by atoms with E-state index in [4.69, 9.17) is 24.5 Å². The molecule has 0 aliphatic heterocycles. The van der Waals surface area contributed by atoms with E-state index in [1.54, 1.807) is 0 Å². The minimum absolute atomic E-state index is 0.0609. The van der Waals surface area contributed by atoms with Crippen LogP contribution in [0.5, 0.6) is 5.75 Å². The van der Waals surface area contributed by atoms with Crippen molar-refractivity contribution in [2.45, 2.75) is 6.92 Å². The van der Waals surface area contributed by atoms with Gasteiger partial charge in [0.25, 0.3) is 5.97 Å². The van der Waals surface area contributed by atoms with Crippen LogP contribution < -0.4 is 4.74 Å². The highest BCUT2D eigenvalue weighted by Crippen LogP contribution is 2.07. The number of carbonyl (C=O) groups is 1. The number of para-hydroxylation sites is 1. The second kappa shape index (κ2) is 10.9. The van der Waals surface area contributed by atoms with Crippen molar-refractivity contribution in [1.29, 1.82) is 0 Å². The molecule has 0 fully saturated rings. The van der Waals surface area contributed by atoms with E-state index in [-0.39, 0.29) is 6.61 Å². The fraction of sp³-hybridized carbons (Fsp3) is 0.417. The minimum Gasteiger partial charge on any atom is -0.491 e. The average molecular weight is 242 g/mol. The Labute approximate surface area is 101 Å². The lowest BCUT2D eigenvalue weighted by molar-refractivity contribution is -0.134. The van der Waals surface area contributed by atoms with Crippen molar-refractivity contribution in [2.75, 3.05) is 26.4 Å². The zero-order valence-corrected chi connectivity index (χ0v) is 9.83. The maximum Gasteiger partial charge on any atom is 0.300 e. The van der Waals surface area contributed by atoms with E-state index in [1.807, 2.05) is 30.3 Å². The molecule has 0 amide bonds. The molecule has 17 heavy (non-hydrogen) atoms. The van der Waals surface area contributed by atoms with Gasteiger partial charge in [0, 0.05) is 6.92 Å². The summed E-state index contributed by atoms with van der Waals surface area (Å²) in [5.74, 6) is 0.00935. The SMILES string of the molecule is CC(=O)O.OCCOCCOc1ccccc1. The molecule has 0 aliphatic rings. The van der Waals surface area contributed by atoms with Crippen molar-refractivity contribution in [3.63, 3.8) is 0 Å². The van der Waals surface area contributed by atoms with E-state index in [9.17, 15) is 0 Å². The zero-order chi connectivity index (χ0) is 12.9. The van der Waals surface area contributed by atoms with E-state index in [0.717, 1.165) is 12.7 Å². The predicted molar refractivity (Wildman–Crippen MR) is 63.2 cm³/mol. The summed E-state index contributed by atoms with van der Waals surface area (Å²) in [6, 6.07) is 9.57. The van der Waals surface area contributed by atoms with Gasteiger partial charge < -0.3 is 19.7 Å². The van der Waals surface area contributed by atoms with Crippen LogP contribution in [0.2, 0.25) is 0 Å². The van der Waals surface area contributed by atoms with E-state index in [0.29, 0.717) is 19.8 Å². The number of rotatable bonds is 6. The molecule has 1 rings (SSSR count). The third-order valence-corrected chi connectivity index (χ3v) is 1.48. The summed E-state index contributed by atoms with van der Waals surface area (Å²) < 4.78 is 10.4. The van der Waals surface area contributed by atoms with Crippen molar-refractivity contribution in [1.82, 2.24) is 0 Å². The van der Waals surface area contributed by atoms with Crippen molar-refractivity contribution in [2.24, 2.45) is 0 Å². The Morgan fingerprint density at radius 3 is 2.29 bits per heavy atom. The van der Waals surface area contributed by atoms with Crippen LogP contribution >= 0.6 is 0 Å². The van der Waals surface area contributed by atoms with Crippen LogP contribution in [0.3, 0.4) is 0 Å². The van der Waals surface area contributed by atoms with Gasteiger partial charge in [-0.05, 0) is 12.1 Å². The van der Waals surface area contributed by atoms with Gasteiger partial charge in [0.05, 0.1) is 19.8 Å². The lowest BCUT2D eigenvalue weighted by atomic mass is 10.3. The Kier molecular flexibility index (Phi) is 9.89. The van der Waals surface area contributed by atoms with Gasteiger partial charge in [-0.2, -0.15) is 0 Å². The van der Waals surface area contributed by atoms with Crippen LogP contribution in [0.1, 0.15) is 6.92 Å². The van der Waals surface area contributed by atoms with E-state index in [2.05, 4.69) is 0 Å². The van der Waals surface area contributed by atoms with E-state index < -0.39 is 5.97 Å². The van der Waals surface area contributed by atoms with Crippen LogP contribution in [-0.2, 0) is 9.53 Å². The molecular weight excluding hydrogens is 224 g/mol. The topological polar surface area (TPSA) is 76.0 Å². The fourth-order valence-electron chi connectivity index (χ4n) is 0.902. The van der Waals surface area contributed by atoms with Crippen molar-refractivity contribution >= 4 is 5.97 Å². The highest BCUT2D eigenvalue weighted by molar-refractivity contribution is 5.62. The molecule has 0 saturated heterocycles. The summed E-state index contributed by atoms with van der Waals surface area (Å²) in [6.45, 7) is 2.54. The summed E-state index contributed by atoms with van der Waals surface area (Å²) in [5, 5.41) is 15.8. The molecule has 5 nitrogen and oxygen atoms in total. The van der Waals surface area contributed by atoms with Gasteiger partial charge in [0.1, 0.15) is 12.4 Å². The highest BCUT2D eigenvalue weighted by Gasteiger charge is 1.90. The molecule has 1 aromatic rings.